The lowest BCUT2D eigenvalue weighted by atomic mass is 9.95. The molecule has 0 aromatic carbocycles. The molecule has 96 valence electrons. The molecule has 0 radical (unpaired) electrons. The first-order valence-corrected chi connectivity index (χ1v) is 6.32. The summed E-state index contributed by atoms with van der Waals surface area (Å²) >= 11 is 0. The third kappa shape index (κ3) is 1.37. The van der Waals surface area contributed by atoms with E-state index in [9.17, 15) is 5.11 Å². The average Bonchev–Trinajstić information content (AvgIpc) is 2.65. The van der Waals surface area contributed by atoms with Crippen LogP contribution in [-0.4, -0.2) is 25.7 Å². The topological polar surface area (TPSA) is 77.0 Å². The van der Waals surface area contributed by atoms with Gasteiger partial charge in [0.15, 0.2) is 5.82 Å². The van der Waals surface area contributed by atoms with Gasteiger partial charge in [0.1, 0.15) is 11.3 Å². The summed E-state index contributed by atoms with van der Waals surface area (Å²) in [5.74, 6) is 1.38. The number of imidazole rings is 1. The van der Waals surface area contributed by atoms with E-state index in [2.05, 4.69) is 14.5 Å². The number of hydrogen-bond donors (Lipinski definition) is 2. The molecule has 1 aliphatic heterocycles. The molecule has 5 heteroatoms. The number of nitrogens with two attached hydrogens (primary N) is 1. The van der Waals surface area contributed by atoms with Crippen LogP contribution in [0, 0.1) is 13.8 Å². The second-order valence-corrected chi connectivity index (χ2v) is 5.13. The van der Waals surface area contributed by atoms with Gasteiger partial charge in [-0.25, -0.2) is 9.97 Å². The molecule has 5 nitrogen and oxygen atoms in total. The Hall–Kier alpha value is -1.62. The minimum atomic E-state index is -0.385. The predicted molar refractivity (Wildman–Crippen MR) is 70.5 cm³/mol. The number of rotatable bonds is 1. The SMILES string of the molecule is Cc1nc(N)c2nc(C)n3c2c1CCC3C(C)O. The molecule has 0 amide bonds. The van der Waals surface area contributed by atoms with Gasteiger partial charge in [-0.05, 0) is 39.2 Å². The minimum Gasteiger partial charge on any atom is -0.391 e. The van der Waals surface area contributed by atoms with Gasteiger partial charge in [0.2, 0.25) is 0 Å². The van der Waals surface area contributed by atoms with Crippen molar-refractivity contribution in [2.45, 2.75) is 45.8 Å². The van der Waals surface area contributed by atoms with Crippen molar-refractivity contribution in [1.29, 1.82) is 0 Å². The quantitative estimate of drug-likeness (QED) is 0.799. The normalized spacial score (nSPS) is 20.3. The van der Waals surface area contributed by atoms with Crippen molar-refractivity contribution in [3.05, 3.63) is 17.1 Å². The number of aliphatic hydroxyl groups excluding tert-OH is 1. The first-order chi connectivity index (χ1) is 8.50. The summed E-state index contributed by atoms with van der Waals surface area (Å²) in [6.07, 6.45) is 1.46. The molecule has 18 heavy (non-hydrogen) atoms. The Labute approximate surface area is 106 Å². The number of anilines is 1. The molecule has 0 fully saturated rings. The van der Waals surface area contributed by atoms with Crippen LogP contribution in [0.4, 0.5) is 5.82 Å². The van der Waals surface area contributed by atoms with E-state index in [1.807, 2.05) is 20.8 Å². The molecular formula is C13H18N4O. The third-order valence-electron chi connectivity index (χ3n) is 3.92. The molecule has 0 saturated heterocycles. The van der Waals surface area contributed by atoms with E-state index in [0.717, 1.165) is 35.4 Å². The van der Waals surface area contributed by atoms with Crippen molar-refractivity contribution in [3.8, 4) is 0 Å². The summed E-state index contributed by atoms with van der Waals surface area (Å²) < 4.78 is 2.13. The lowest BCUT2D eigenvalue weighted by Gasteiger charge is -2.29. The number of aryl methyl sites for hydroxylation is 3. The van der Waals surface area contributed by atoms with E-state index in [4.69, 9.17) is 5.73 Å². The van der Waals surface area contributed by atoms with Crippen molar-refractivity contribution >= 4 is 16.9 Å². The molecule has 0 spiro atoms. The maximum Gasteiger partial charge on any atom is 0.151 e. The van der Waals surface area contributed by atoms with Crippen LogP contribution in [0.3, 0.4) is 0 Å². The molecule has 3 rings (SSSR count). The van der Waals surface area contributed by atoms with Gasteiger partial charge in [-0.3, -0.25) is 0 Å². The fraction of sp³-hybridized carbons (Fsp3) is 0.538. The zero-order valence-electron chi connectivity index (χ0n) is 10.9. The number of nitrogens with zero attached hydrogens (tertiary/aromatic N) is 3. The van der Waals surface area contributed by atoms with Gasteiger partial charge in [0.25, 0.3) is 0 Å². The predicted octanol–water partition coefficient (Wildman–Crippen LogP) is 1.50. The minimum absolute atomic E-state index is 0.0868. The molecular weight excluding hydrogens is 228 g/mol. The van der Waals surface area contributed by atoms with E-state index in [1.165, 1.54) is 5.56 Å². The number of hydrogen-bond acceptors (Lipinski definition) is 4. The Bertz CT molecular complexity index is 630. The third-order valence-corrected chi connectivity index (χ3v) is 3.92. The summed E-state index contributed by atoms with van der Waals surface area (Å²) in [7, 11) is 0. The van der Waals surface area contributed by atoms with Crippen LogP contribution in [0.15, 0.2) is 0 Å². The van der Waals surface area contributed by atoms with Crippen molar-refractivity contribution in [3.63, 3.8) is 0 Å². The molecule has 0 saturated carbocycles. The Kier molecular flexibility index (Phi) is 2.35. The summed E-state index contributed by atoms with van der Waals surface area (Å²) in [6.45, 7) is 5.78. The van der Waals surface area contributed by atoms with Gasteiger partial charge in [-0.1, -0.05) is 0 Å². The first kappa shape index (κ1) is 11.5. The summed E-state index contributed by atoms with van der Waals surface area (Å²) in [5.41, 5.74) is 10.00. The Morgan fingerprint density at radius 2 is 2.11 bits per heavy atom. The summed E-state index contributed by atoms with van der Waals surface area (Å²) in [6, 6.07) is 0.0868. The molecule has 0 aliphatic carbocycles. The van der Waals surface area contributed by atoms with E-state index >= 15 is 0 Å². The number of pyridine rings is 1. The highest BCUT2D eigenvalue weighted by Crippen LogP contribution is 2.36. The summed E-state index contributed by atoms with van der Waals surface area (Å²) in [4.78, 5) is 8.89. The Balaban J connectivity index is 2.41. The van der Waals surface area contributed by atoms with Crippen molar-refractivity contribution in [2.24, 2.45) is 0 Å². The molecule has 2 aromatic heterocycles. The molecule has 3 heterocycles. The highest BCUT2D eigenvalue weighted by Gasteiger charge is 2.29. The molecule has 2 aromatic rings. The van der Waals surface area contributed by atoms with Crippen LogP contribution in [0.25, 0.3) is 11.0 Å². The van der Waals surface area contributed by atoms with Gasteiger partial charge < -0.3 is 15.4 Å². The van der Waals surface area contributed by atoms with E-state index in [-0.39, 0.29) is 12.1 Å². The van der Waals surface area contributed by atoms with Crippen molar-refractivity contribution < 1.29 is 5.11 Å². The fourth-order valence-corrected chi connectivity index (χ4v) is 3.07. The average molecular weight is 246 g/mol. The van der Waals surface area contributed by atoms with Crippen LogP contribution in [0.2, 0.25) is 0 Å². The zero-order valence-corrected chi connectivity index (χ0v) is 10.9. The van der Waals surface area contributed by atoms with Gasteiger partial charge >= 0.3 is 0 Å². The second kappa shape index (κ2) is 3.68. The highest BCUT2D eigenvalue weighted by atomic mass is 16.3. The molecule has 0 bridgehead atoms. The van der Waals surface area contributed by atoms with Crippen LogP contribution in [-0.2, 0) is 6.42 Å². The number of aromatic nitrogens is 3. The zero-order chi connectivity index (χ0) is 13.0. The Morgan fingerprint density at radius 3 is 2.78 bits per heavy atom. The van der Waals surface area contributed by atoms with Crippen molar-refractivity contribution in [1.82, 2.24) is 14.5 Å². The smallest absolute Gasteiger partial charge is 0.151 e. The van der Waals surface area contributed by atoms with E-state index in [0.29, 0.717) is 5.82 Å². The largest absolute Gasteiger partial charge is 0.391 e. The molecule has 2 atom stereocenters. The van der Waals surface area contributed by atoms with Crippen molar-refractivity contribution in [2.75, 3.05) is 5.73 Å². The van der Waals surface area contributed by atoms with Gasteiger partial charge in [-0.2, -0.15) is 0 Å². The summed E-state index contributed by atoms with van der Waals surface area (Å²) in [5, 5.41) is 9.94. The maximum absolute atomic E-state index is 9.94. The maximum atomic E-state index is 9.94. The van der Waals surface area contributed by atoms with Gasteiger partial charge in [0.05, 0.1) is 17.7 Å². The van der Waals surface area contributed by atoms with Crippen LogP contribution >= 0.6 is 0 Å². The fourth-order valence-electron chi connectivity index (χ4n) is 3.07. The van der Waals surface area contributed by atoms with E-state index < -0.39 is 0 Å². The molecule has 1 aliphatic rings. The monoisotopic (exact) mass is 246 g/mol. The van der Waals surface area contributed by atoms with E-state index in [1.54, 1.807) is 0 Å². The Morgan fingerprint density at radius 1 is 1.39 bits per heavy atom. The second-order valence-electron chi connectivity index (χ2n) is 5.13. The number of nitrogen functional groups attached to an aromatic ring is 1. The first-order valence-electron chi connectivity index (χ1n) is 6.32. The lowest BCUT2D eigenvalue weighted by Crippen LogP contribution is -2.26. The van der Waals surface area contributed by atoms with Crippen LogP contribution in [0.5, 0.6) is 0 Å². The highest BCUT2D eigenvalue weighted by molar-refractivity contribution is 5.89. The number of aliphatic hydroxyl groups is 1. The van der Waals surface area contributed by atoms with Crippen LogP contribution < -0.4 is 5.73 Å². The lowest BCUT2D eigenvalue weighted by molar-refractivity contribution is 0.123. The van der Waals surface area contributed by atoms with Gasteiger partial charge in [-0.15, -0.1) is 0 Å². The molecule has 3 N–H and O–H groups in total. The standard InChI is InChI=1S/C13H18N4O/c1-6-9-4-5-10(7(2)18)17-8(3)16-11(12(9)17)13(14)15-6/h7,10,18H,4-5H2,1-3H3,(H2,14,15). The van der Waals surface area contributed by atoms with Gasteiger partial charge in [0, 0.05) is 5.69 Å². The van der Waals surface area contributed by atoms with Crippen LogP contribution in [0.1, 0.15) is 36.5 Å². The molecule has 2 unspecified atom stereocenters.